The van der Waals surface area contributed by atoms with E-state index < -0.39 is 5.97 Å². The summed E-state index contributed by atoms with van der Waals surface area (Å²) in [5.74, 6) is -1.23. The Bertz CT molecular complexity index is 746. The highest BCUT2D eigenvalue weighted by atomic mass is 32.1. The molecule has 0 aliphatic rings. The van der Waals surface area contributed by atoms with E-state index >= 15 is 0 Å². The van der Waals surface area contributed by atoms with E-state index in [0.29, 0.717) is 5.39 Å². The number of carboxylic acids is 1. The van der Waals surface area contributed by atoms with Gasteiger partial charge < -0.3 is 15.6 Å². The number of hydrogen-bond donors (Lipinski definition) is 1. The highest BCUT2D eigenvalue weighted by Gasteiger charge is 2.12. The van der Waals surface area contributed by atoms with Crippen LogP contribution in [0.15, 0.2) is 36.4 Å². The molecule has 0 bridgehead atoms. The molecule has 2 aromatic carbocycles. The van der Waals surface area contributed by atoms with Crippen LogP contribution in [0.5, 0.6) is 0 Å². The van der Waals surface area contributed by atoms with Gasteiger partial charge in [0.1, 0.15) is 0 Å². The summed E-state index contributed by atoms with van der Waals surface area (Å²) in [6.07, 6.45) is 0. The van der Waals surface area contributed by atoms with E-state index in [2.05, 4.69) is 0 Å². The van der Waals surface area contributed by atoms with Gasteiger partial charge in [-0.05, 0) is 18.2 Å². The predicted molar refractivity (Wildman–Crippen MR) is 68.1 cm³/mol. The molecule has 3 nitrogen and oxygen atoms in total. The number of nitrogen functional groups attached to an aromatic ring is 1. The molecule has 0 saturated carbocycles. The van der Waals surface area contributed by atoms with Crippen LogP contribution in [0.25, 0.3) is 20.2 Å². The summed E-state index contributed by atoms with van der Waals surface area (Å²) in [6.45, 7) is 0. The minimum Gasteiger partial charge on any atom is -0.545 e. The van der Waals surface area contributed by atoms with Crippen LogP contribution in [0, 0.1) is 0 Å². The molecule has 4 heteroatoms. The number of carboxylic acid groups (broad SMARTS) is 1. The molecule has 2 N–H and O–H groups in total. The number of benzene rings is 2. The Hall–Kier alpha value is -2.07. The summed E-state index contributed by atoms with van der Waals surface area (Å²) in [4.78, 5) is 11.2. The summed E-state index contributed by atoms with van der Waals surface area (Å²) in [5, 5.41) is 12.8. The van der Waals surface area contributed by atoms with E-state index in [-0.39, 0.29) is 11.3 Å². The normalized spacial score (nSPS) is 11.1. The van der Waals surface area contributed by atoms with Gasteiger partial charge in [-0.25, -0.2) is 0 Å². The van der Waals surface area contributed by atoms with Gasteiger partial charge in [-0.15, -0.1) is 11.3 Å². The molecule has 84 valence electrons. The molecular formula is C13H8NO2S-. The van der Waals surface area contributed by atoms with Crippen LogP contribution in [0.3, 0.4) is 0 Å². The monoisotopic (exact) mass is 242 g/mol. The number of hydrogen-bond acceptors (Lipinski definition) is 4. The molecule has 0 saturated heterocycles. The molecule has 0 radical (unpaired) electrons. The van der Waals surface area contributed by atoms with Crippen LogP contribution in [0.4, 0.5) is 5.69 Å². The summed E-state index contributed by atoms with van der Waals surface area (Å²) in [7, 11) is 0. The van der Waals surface area contributed by atoms with E-state index in [0.717, 1.165) is 14.8 Å². The zero-order valence-electron chi connectivity index (χ0n) is 8.77. The van der Waals surface area contributed by atoms with Crippen molar-refractivity contribution in [2.45, 2.75) is 0 Å². The fourth-order valence-electron chi connectivity index (χ4n) is 2.05. The van der Waals surface area contributed by atoms with Crippen LogP contribution in [0.2, 0.25) is 0 Å². The van der Waals surface area contributed by atoms with Crippen LogP contribution in [-0.2, 0) is 0 Å². The Morgan fingerprint density at radius 2 is 1.88 bits per heavy atom. The number of rotatable bonds is 1. The summed E-state index contributed by atoms with van der Waals surface area (Å²) >= 11 is 1.56. The lowest BCUT2D eigenvalue weighted by Gasteiger charge is -2.08. The van der Waals surface area contributed by atoms with Crippen molar-refractivity contribution in [2.75, 3.05) is 5.73 Å². The molecular weight excluding hydrogens is 234 g/mol. The van der Waals surface area contributed by atoms with Gasteiger partial charge in [0.2, 0.25) is 0 Å². The zero-order chi connectivity index (χ0) is 12.0. The lowest BCUT2D eigenvalue weighted by molar-refractivity contribution is -0.254. The first-order valence-corrected chi connectivity index (χ1v) is 5.91. The summed E-state index contributed by atoms with van der Waals surface area (Å²) < 4.78 is 1.97. The molecule has 1 heterocycles. The average molecular weight is 242 g/mol. The Morgan fingerprint density at radius 1 is 1.12 bits per heavy atom. The maximum absolute atomic E-state index is 11.2. The van der Waals surface area contributed by atoms with Gasteiger partial charge in [-0.2, -0.15) is 0 Å². The molecule has 0 fully saturated rings. The van der Waals surface area contributed by atoms with E-state index in [4.69, 9.17) is 5.73 Å². The summed E-state index contributed by atoms with van der Waals surface area (Å²) in [6, 6.07) is 11.1. The maximum atomic E-state index is 11.2. The second-order valence-electron chi connectivity index (χ2n) is 3.79. The molecule has 17 heavy (non-hydrogen) atoms. The molecule has 0 unspecified atom stereocenters. The van der Waals surface area contributed by atoms with E-state index in [1.807, 2.05) is 30.3 Å². The molecule has 1 aromatic heterocycles. The summed E-state index contributed by atoms with van der Waals surface area (Å²) in [5.41, 5.74) is 6.07. The Morgan fingerprint density at radius 3 is 2.65 bits per heavy atom. The van der Waals surface area contributed by atoms with Crippen molar-refractivity contribution in [2.24, 2.45) is 0 Å². The minimum atomic E-state index is -1.23. The molecule has 0 spiro atoms. The predicted octanol–water partition coefficient (Wildman–Crippen LogP) is 2.00. The molecule has 3 aromatic rings. The largest absolute Gasteiger partial charge is 0.545 e. The van der Waals surface area contributed by atoms with Crippen molar-refractivity contribution in [3.05, 3.63) is 42.0 Å². The van der Waals surface area contributed by atoms with Gasteiger partial charge in [0.15, 0.2) is 0 Å². The number of aromatic carboxylic acids is 1. The minimum absolute atomic E-state index is 0.0972. The first-order chi connectivity index (χ1) is 8.18. The average Bonchev–Trinajstić information content (AvgIpc) is 2.67. The van der Waals surface area contributed by atoms with Gasteiger partial charge in [-0.3, -0.25) is 0 Å². The first kappa shape index (κ1) is 10.1. The van der Waals surface area contributed by atoms with Crippen molar-refractivity contribution in [1.82, 2.24) is 0 Å². The fourth-order valence-corrected chi connectivity index (χ4v) is 3.17. The standard InChI is InChI=1S/C13H9NO2S/c14-8-5-6-10-11(12(8)13(15)16)7-3-1-2-4-9(7)17-10/h1-6H,14H2,(H,15,16)/p-1. The van der Waals surface area contributed by atoms with Crippen molar-refractivity contribution < 1.29 is 9.90 Å². The van der Waals surface area contributed by atoms with E-state index in [9.17, 15) is 9.90 Å². The first-order valence-electron chi connectivity index (χ1n) is 5.09. The third kappa shape index (κ3) is 1.38. The van der Waals surface area contributed by atoms with Crippen LogP contribution in [-0.4, -0.2) is 5.97 Å². The number of anilines is 1. The molecule has 0 aliphatic heterocycles. The third-order valence-electron chi connectivity index (χ3n) is 2.78. The second-order valence-corrected chi connectivity index (χ2v) is 4.87. The quantitative estimate of drug-likeness (QED) is 0.664. The van der Waals surface area contributed by atoms with Gasteiger partial charge in [-0.1, -0.05) is 18.2 Å². The lowest BCUT2D eigenvalue weighted by Crippen LogP contribution is -2.23. The highest BCUT2D eigenvalue weighted by Crippen LogP contribution is 2.37. The topological polar surface area (TPSA) is 66.2 Å². The molecule has 3 rings (SSSR count). The van der Waals surface area contributed by atoms with Crippen LogP contribution < -0.4 is 10.8 Å². The van der Waals surface area contributed by atoms with Gasteiger partial charge >= 0.3 is 0 Å². The number of fused-ring (bicyclic) bond motifs is 3. The lowest BCUT2D eigenvalue weighted by atomic mass is 10.0. The van der Waals surface area contributed by atoms with Crippen molar-refractivity contribution in [1.29, 1.82) is 0 Å². The highest BCUT2D eigenvalue weighted by molar-refractivity contribution is 7.25. The second kappa shape index (κ2) is 3.46. The third-order valence-corrected chi connectivity index (χ3v) is 3.92. The Balaban J connectivity index is 2.60. The molecule has 0 atom stereocenters. The van der Waals surface area contributed by atoms with Gasteiger partial charge in [0.25, 0.3) is 0 Å². The molecule has 0 aliphatic carbocycles. The van der Waals surface area contributed by atoms with Gasteiger partial charge in [0, 0.05) is 31.4 Å². The van der Waals surface area contributed by atoms with E-state index in [1.165, 1.54) is 0 Å². The Kier molecular flexibility index (Phi) is 2.06. The van der Waals surface area contributed by atoms with Gasteiger partial charge in [0.05, 0.1) is 5.97 Å². The van der Waals surface area contributed by atoms with E-state index in [1.54, 1.807) is 17.4 Å². The zero-order valence-corrected chi connectivity index (χ0v) is 9.58. The fraction of sp³-hybridized carbons (Fsp3) is 0. The van der Waals surface area contributed by atoms with Crippen molar-refractivity contribution >= 4 is 43.2 Å². The number of nitrogens with two attached hydrogens (primary N) is 1. The number of carbonyl (C=O) groups is 1. The molecule has 0 amide bonds. The van der Waals surface area contributed by atoms with Crippen LogP contribution >= 0.6 is 11.3 Å². The Labute approximate surface area is 101 Å². The van der Waals surface area contributed by atoms with Crippen LogP contribution in [0.1, 0.15) is 10.4 Å². The smallest absolute Gasteiger partial charge is 0.0742 e. The SMILES string of the molecule is Nc1ccc2sc3ccccc3c2c1C(=O)[O-]. The van der Waals surface area contributed by atoms with Crippen molar-refractivity contribution in [3.63, 3.8) is 0 Å². The number of thiophene rings is 1. The number of carbonyl (C=O) groups excluding carboxylic acids is 1. The van der Waals surface area contributed by atoms with Crippen molar-refractivity contribution in [3.8, 4) is 0 Å². The maximum Gasteiger partial charge on any atom is 0.0742 e.